The normalized spacial score (nSPS) is 13.6. The Kier molecular flexibility index (Phi) is 4.62. The van der Waals surface area contributed by atoms with E-state index in [0.29, 0.717) is 6.42 Å². The molecule has 3 nitrogen and oxygen atoms in total. The molecule has 1 aromatic carbocycles. The van der Waals surface area contributed by atoms with Gasteiger partial charge in [0, 0.05) is 25.2 Å². The molecule has 0 saturated heterocycles. The highest BCUT2D eigenvalue weighted by atomic mass is 16.1. The van der Waals surface area contributed by atoms with Crippen LogP contribution in [-0.2, 0) is 17.6 Å². The van der Waals surface area contributed by atoms with Gasteiger partial charge in [-0.25, -0.2) is 0 Å². The zero-order chi connectivity index (χ0) is 12.8. The summed E-state index contributed by atoms with van der Waals surface area (Å²) in [6.07, 6.45) is 4.84. The maximum Gasteiger partial charge on any atom is 0.219 e. The number of fused-ring (bicyclic) bond motifs is 1. The molecule has 2 N–H and O–H groups in total. The van der Waals surface area contributed by atoms with Crippen LogP contribution < -0.4 is 10.6 Å². The standard InChI is InChI=1S/C15H22N2O/c1-2-4-15(18)17-10-8-12-6-7-14-13(11-12)5-3-9-16-14/h6-7,11,16H,2-5,8-10H2,1H3,(H,17,18). The van der Waals surface area contributed by atoms with E-state index in [1.807, 2.05) is 6.92 Å². The van der Waals surface area contributed by atoms with Crippen molar-refractivity contribution in [2.24, 2.45) is 0 Å². The van der Waals surface area contributed by atoms with Gasteiger partial charge in [0.05, 0.1) is 0 Å². The van der Waals surface area contributed by atoms with Crippen LogP contribution in [0, 0.1) is 0 Å². The Morgan fingerprint density at radius 3 is 3.17 bits per heavy atom. The molecule has 0 fully saturated rings. The summed E-state index contributed by atoms with van der Waals surface area (Å²) in [4.78, 5) is 11.3. The van der Waals surface area contributed by atoms with Crippen molar-refractivity contribution in [2.45, 2.75) is 39.0 Å². The van der Waals surface area contributed by atoms with E-state index >= 15 is 0 Å². The van der Waals surface area contributed by atoms with Crippen molar-refractivity contribution in [1.82, 2.24) is 5.32 Å². The molecule has 1 heterocycles. The van der Waals surface area contributed by atoms with Gasteiger partial charge in [0.1, 0.15) is 0 Å². The number of amides is 1. The summed E-state index contributed by atoms with van der Waals surface area (Å²) >= 11 is 0. The minimum absolute atomic E-state index is 0.164. The minimum atomic E-state index is 0.164. The second-order valence-electron chi connectivity index (χ2n) is 4.87. The van der Waals surface area contributed by atoms with Crippen molar-refractivity contribution < 1.29 is 4.79 Å². The monoisotopic (exact) mass is 246 g/mol. The van der Waals surface area contributed by atoms with Crippen LogP contribution in [0.5, 0.6) is 0 Å². The smallest absolute Gasteiger partial charge is 0.219 e. The lowest BCUT2D eigenvalue weighted by Crippen LogP contribution is -2.25. The van der Waals surface area contributed by atoms with Crippen LogP contribution in [0.4, 0.5) is 5.69 Å². The van der Waals surface area contributed by atoms with Gasteiger partial charge in [-0.05, 0) is 42.9 Å². The van der Waals surface area contributed by atoms with Gasteiger partial charge in [0.25, 0.3) is 0 Å². The van der Waals surface area contributed by atoms with E-state index in [9.17, 15) is 4.79 Å². The lowest BCUT2D eigenvalue weighted by atomic mass is 9.99. The molecule has 0 bridgehead atoms. The summed E-state index contributed by atoms with van der Waals surface area (Å²) in [5, 5.41) is 6.37. The Balaban J connectivity index is 1.84. The van der Waals surface area contributed by atoms with Gasteiger partial charge < -0.3 is 10.6 Å². The molecule has 0 aromatic heterocycles. The summed E-state index contributed by atoms with van der Waals surface area (Å²) in [5.74, 6) is 0.164. The van der Waals surface area contributed by atoms with E-state index in [-0.39, 0.29) is 5.91 Å². The van der Waals surface area contributed by atoms with E-state index in [1.165, 1.54) is 29.7 Å². The molecule has 0 aliphatic carbocycles. The van der Waals surface area contributed by atoms with E-state index in [1.54, 1.807) is 0 Å². The van der Waals surface area contributed by atoms with Crippen molar-refractivity contribution in [3.63, 3.8) is 0 Å². The minimum Gasteiger partial charge on any atom is -0.385 e. The molecule has 0 atom stereocenters. The Hall–Kier alpha value is -1.51. The maximum atomic E-state index is 11.3. The fourth-order valence-electron chi connectivity index (χ4n) is 2.35. The quantitative estimate of drug-likeness (QED) is 0.838. The Labute approximate surface area is 109 Å². The number of carbonyl (C=O) groups excluding carboxylic acids is 1. The first kappa shape index (κ1) is 12.9. The zero-order valence-corrected chi connectivity index (χ0v) is 11.1. The second-order valence-corrected chi connectivity index (χ2v) is 4.87. The molecule has 18 heavy (non-hydrogen) atoms. The highest BCUT2D eigenvalue weighted by molar-refractivity contribution is 5.75. The van der Waals surface area contributed by atoms with E-state index in [2.05, 4.69) is 28.8 Å². The first-order chi connectivity index (χ1) is 8.79. The van der Waals surface area contributed by atoms with E-state index in [0.717, 1.165) is 25.9 Å². The Morgan fingerprint density at radius 1 is 1.44 bits per heavy atom. The van der Waals surface area contributed by atoms with Crippen LogP contribution in [0.2, 0.25) is 0 Å². The third-order valence-corrected chi connectivity index (χ3v) is 3.32. The van der Waals surface area contributed by atoms with Gasteiger partial charge in [-0.3, -0.25) is 4.79 Å². The molecule has 1 aliphatic heterocycles. The zero-order valence-electron chi connectivity index (χ0n) is 11.1. The number of anilines is 1. The molecule has 1 aliphatic rings. The lowest BCUT2D eigenvalue weighted by Gasteiger charge is -2.18. The number of hydrogen-bond acceptors (Lipinski definition) is 2. The first-order valence-corrected chi connectivity index (χ1v) is 6.92. The van der Waals surface area contributed by atoms with Crippen molar-refractivity contribution in [1.29, 1.82) is 0 Å². The first-order valence-electron chi connectivity index (χ1n) is 6.92. The lowest BCUT2D eigenvalue weighted by molar-refractivity contribution is -0.121. The molecule has 1 aromatic rings. The summed E-state index contributed by atoms with van der Waals surface area (Å²) < 4.78 is 0. The Bertz CT molecular complexity index is 415. The summed E-state index contributed by atoms with van der Waals surface area (Å²) in [5.41, 5.74) is 4.01. The number of rotatable bonds is 5. The molecule has 2 rings (SSSR count). The maximum absolute atomic E-state index is 11.3. The van der Waals surface area contributed by atoms with Crippen LogP contribution in [0.1, 0.15) is 37.3 Å². The molecular weight excluding hydrogens is 224 g/mol. The molecule has 0 spiro atoms. The number of aryl methyl sites for hydroxylation is 1. The number of carbonyl (C=O) groups is 1. The highest BCUT2D eigenvalue weighted by Gasteiger charge is 2.08. The molecule has 0 unspecified atom stereocenters. The van der Waals surface area contributed by atoms with Gasteiger partial charge >= 0.3 is 0 Å². The molecule has 0 radical (unpaired) electrons. The van der Waals surface area contributed by atoms with Crippen LogP contribution in [-0.4, -0.2) is 19.0 Å². The molecule has 1 amide bonds. The van der Waals surface area contributed by atoms with Gasteiger partial charge in [-0.2, -0.15) is 0 Å². The summed E-state index contributed by atoms with van der Waals surface area (Å²) in [7, 11) is 0. The fourth-order valence-corrected chi connectivity index (χ4v) is 2.35. The van der Waals surface area contributed by atoms with Crippen molar-refractivity contribution >= 4 is 11.6 Å². The van der Waals surface area contributed by atoms with E-state index < -0.39 is 0 Å². The van der Waals surface area contributed by atoms with Crippen molar-refractivity contribution in [3.8, 4) is 0 Å². The van der Waals surface area contributed by atoms with Crippen LogP contribution >= 0.6 is 0 Å². The van der Waals surface area contributed by atoms with Crippen LogP contribution in [0.15, 0.2) is 18.2 Å². The van der Waals surface area contributed by atoms with Crippen LogP contribution in [0.25, 0.3) is 0 Å². The second kappa shape index (κ2) is 6.43. The van der Waals surface area contributed by atoms with Gasteiger partial charge in [-0.1, -0.05) is 19.1 Å². The highest BCUT2D eigenvalue weighted by Crippen LogP contribution is 2.22. The fraction of sp³-hybridized carbons (Fsp3) is 0.533. The third-order valence-electron chi connectivity index (χ3n) is 3.32. The number of hydrogen-bond donors (Lipinski definition) is 2. The molecule has 98 valence electrons. The average molecular weight is 246 g/mol. The van der Waals surface area contributed by atoms with Gasteiger partial charge in [-0.15, -0.1) is 0 Å². The summed E-state index contributed by atoms with van der Waals surface area (Å²) in [6.45, 7) is 3.85. The summed E-state index contributed by atoms with van der Waals surface area (Å²) in [6, 6.07) is 6.59. The number of benzene rings is 1. The topological polar surface area (TPSA) is 41.1 Å². The van der Waals surface area contributed by atoms with Gasteiger partial charge in [0.2, 0.25) is 5.91 Å². The van der Waals surface area contributed by atoms with Crippen molar-refractivity contribution in [2.75, 3.05) is 18.4 Å². The van der Waals surface area contributed by atoms with Crippen molar-refractivity contribution in [3.05, 3.63) is 29.3 Å². The SMILES string of the molecule is CCCC(=O)NCCc1ccc2c(c1)CCCN2. The predicted octanol–water partition coefficient (Wildman–Crippen LogP) is 2.50. The molecule has 3 heteroatoms. The Morgan fingerprint density at radius 2 is 2.33 bits per heavy atom. The third kappa shape index (κ3) is 3.49. The largest absolute Gasteiger partial charge is 0.385 e. The van der Waals surface area contributed by atoms with Crippen LogP contribution in [0.3, 0.4) is 0 Å². The number of nitrogens with one attached hydrogen (secondary N) is 2. The van der Waals surface area contributed by atoms with Gasteiger partial charge in [0.15, 0.2) is 0 Å². The predicted molar refractivity (Wildman–Crippen MR) is 74.9 cm³/mol. The average Bonchev–Trinajstić information content (AvgIpc) is 2.39. The molecular formula is C15H22N2O. The van der Waals surface area contributed by atoms with E-state index in [4.69, 9.17) is 0 Å². The molecule has 0 saturated carbocycles.